The van der Waals surface area contributed by atoms with Gasteiger partial charge in [-0.1, -0.05) is 0 Å². The van der Waals surface area contributed by atoms with Crippen LogP contribution in [-0.4, -0.2) is 48.5 Å². The van der Waals surface area contributed by atoms with E-state index in [1.54, 1.807) is 20.8 Å². The summed E-state index contributed by atoms with van der Waals surface area (Å²) < 4.78 is 40.8. The third kappa shape index (κ3) is 6.63. The Labute approximate surface area is 110 Å². The standard InChI is InChI=1S/C11H19F3N2O3/c1-10(2,3)19-9(17)16-5-4-8(6-16)15-18-7-11(12,13)14/h8,15H,4-7H2,1-3H3. The average Bonchev–Trinajstić information content (AvgIpc) is 2.61. The highest BCUT2D eigenvalue weighted by atomic mass is 19.4. The Morgan fingerprint density at radius 1 is 1.37 bits per heavy atom. The Morgan fingerprint density at radius 2 is 2.00 bits per heavy atom. The lowest BCUT2D eigenvalue weighted by Gasteiger charge is -2.24. The van der Waals surface area contributed by atoms with Crippen molar-refractivity contribution in [3.8, 4) is 0 Å². The molecule has 0 aromatic rings. The molecule has 1 amide bonds. The van der Waals surface area contributed by atoms with Crippen molar-refractivity contribution in [1.82, 2.24) is 10.4 Å². The highest BCUT2D eigenvalue weighted by Crippen LogP contribution is 2.17. The summed E-state index contributed by atoms with van der Waals surface area (Å²) in [6, 6.07) is -0.310. The van der Waals surface area contributed by atoms with E-state index in [0.717, 1.165) is 0 Å². The van der Waals surface area contributed by atoms with Crippen LogP contribution in [-0.2, 0) is 9.57 Å². The molecule has 0 aromatic heterocycles. The zero-order valence-corrected chi connectivity index (χ0v) is 11.2. The van der Waals surface area contributed by atoms with Gasteiger partial charge < -0.3 is 9.64 Å². The first-order valence-electron chi connectivity index (χ1n) is 5.99. The predicted molar refractivity (Wildman–Crippen MR) is 61.4 cm³/mol. The van der Waals surface area contributed by atoms with Gasteiger partial charge in [0, 0.05) is 13.1 Å². The molecule has 112 valence electrons. The second-order valence-electron chi connectivity index (χ2n) is 5.43. The van der Waals surface area contributed by atoms with E-state index in [9.17, 15) is 18.0 Å². The smallest absolute Gasteiger partial charge is 0.413 e. The minimum Gasteiger partial charge on any atom is -0.444 e. The molecule has 1 aliphatic rings. The maximum Gasteiger partial charge on any atom is 0.413 e. The summed E-state index contributed by atoms with van der Waals surface area (Å²) in [5.74, 6) is 0. The molecule has 1 unspecified atom stereocenters. The van der Waals surface area contributed by atoms with Crippen LogP contribution in [0.2, 0.25) is 0 Å². The molecule has 0 radical (unpaired) electrons. The summed E-state index contributed by atoms with van der Waals surface area (Å²) in [4.78, 5) is 17.5. The number of nitrogens with one attached hydrogen (secondary N) is 1. The number of carbonyl (C=O) groups is 1. The first-order chi connectivity index (χ1) is 8.57. The van der Waals surface area contributed by atoms with Crippen LogP contribution in [0, 0.1) is 0 Å². The number of nitrogens with zero attached hydrogens (tertiary/aromatic N) is 1. The lowest BCUT2D eigenvalue weighted by Crippen LogP contribution is -2.39. The molecule has 1 aliphatic heterocycles. The van der Waals surface area contributed by atoms with Gasteiger partial charge in [0.2, 0.25) is 0 Å². The van der Waals surface area contributed by atoms with Crippen LogP contribution < -0.4 is 5.48 Å². The monoisotopic (exact) mass is 284 g/mol. The number of carbonyl (C=O) groups excluding carboxylic acids is 1. The molecule has 0 spiro atoms. The van der Waals surface area contributed by atoms with Crippen LogP contribution in [0.1, 0.15) is 27.2 Å². The maximum absolute atomic E-state index is 11.9. The van der Waals surface area contributed by atoms with Gasteiger partial charge in [-0.05, 0) is 27.2 Å². The zero-order valence-electron chi connectivity index (χ0n) is 11.2. The number of ether oxygens (including phenoxy) is 1. The van der Waals surface area contributed by atoms with Crippen molar-refractivity contribution in [2.45, 2.75) is 45.0 Å². The first-order valence-corrected chi connectivity index (χ1v) is 5.99. The lowest BCUT2D eigenvalue weighted by atomic mass is 10.2. The molecular formula is C11H19F3N2O3. The molecule has 0 bridgehead atoms. The van der Waals surface area contributed by atoms with E-state index in [1.807, 2.05) is 0 Å². The third-order valence-corrected chi connectivity index (χ3v) is 2.33. The largest absolute Gasteiger partial charge is 0.444 e. The number of amides is 1. The number of hydroxylamine groups is 1. The van der Waals surface area contributed by atoms with Gasteiger partial charge in [0.1, 0.15) is 5.60 Å². The van der Waals surface area contributed by atoms with Crippen molar-refractivity contribution in [3.63, 3.8) is 0 Å². The predicted octanol–water partition coefficient (Wildman–Crippen LogP) is 2.08. The zero-order chi connectivity index (χ0) is 14.7. The summed E-state index contributed by atoms with van der Waals surface area (Å²) in [6.45, 7) is 4.61. The van der Waals surface area contributed by atoms with Crippen LogP contribution in [0.4, 0.5) is 18.0 Å². The quantitative estimate of drug-likeness (QED) is 0.806. The van der Waals surface area contributed by atoms with Gasteiger partial charge in [-0.15, -0.1) is 0 Å². The van der Waals surface area contributed by atoms with Crippen molar-refractivity contribution in [2.24, 2.45) is 0 Å². The van der Waals surface area contributed by atoms with E-state index in [-0.39, 0.29) is 12.6 Å². The molecule has 19 heavy (non-hydrogen) atoms. The van der Waals surface area contributed by atoms with E-state index < -0.39 is 24.5 Å². The number of halogens is 3. The van der Waals surface area contributed by atoms with Crippen molar-refractivity contribution in [3.05, 3.63) is 0 Å². The van der Waals surface area contributed by atoms with E-state index >= 15 is 0 Å². The van der Waals surface area contributed by atoms with Gasteiger partial charge in [0.15, 0.2) is 6.61 Å². The number of likely N-dealkylation sites (tertiary alicyclic amines) is 1. The number of hydrogen-bond acceptors (Lipinski definition) is 4. The van der Waals surface area contributed by atoms with Crippen molar-refractivity contribution >= 4 is 6.09 Å². The van der Waals surface area contributed by atoms with Gasteiger partial charge in [-0.3, -0.25) is 4.84 Å². The van der Waals surface area contributed by atoms with E-state index in [0.29, 0.717) is 13.0 Å². The van der Waals surface area contributed by atoms with Gasteiger partial charge >= 0.3 is 12.3 Å². The second kappa shape index (κ2) is 5.96. The molecule has 0 aliphatic carbocycles. The number of alkyl halides is 3. The summed E-state index contributed by atoms with van der Waals surface area (Å²) in [6.07, 6.45) is -4.30. The van der Waals surface area contributed by atoms with E-state index in [1.165, 1.54) is 4.90 Å². The SMILES string of the molecule is CC(C)(C)OC(=O)N1CCC(NOCC(F)(F)F)C1. The fourth-order valence-electron chi connectivity index (χ4n) is 1.59. The van der Waals surface area contributed by atoms with Gasteiger partial charge in [0.25, 0.3) is 0 Å². The van der Waals surface area contributed by atoms with Crippen LogP contribution >= 0.6 is 0 Å². The molecular weight excluding hydrogens is 265 g/mol. The summed E-state index contributed by atoms with van der Waals surface area (Å²) in [7, 11) is 0. The van der Waals surface area contributed by atoms with Crippen LogP contribution in [0.15, 0.2) is 0 Å². The summed E-state index contributed by atoms with van der Waals surface area (Å²) in [5.41, 5.74) is 1.73. The van der Waals surface area contributed by atoms with Crippen LogP contribution in [0.25, 0.3) is 0 Å². The van der Waals surface area contributed by atoms with Crippen LogP contribution in [0.3, 0.4) is 0 Å². The second-order valence-corrected chi connectivity index (χ2v) is 5.43. The minimum absolute atomic E-state index is 0.271. The highest BCUT2D eigenvalue weighted by Gasteiger charge is 2.32. The molecule has 1 saturated heterocycles. The summed E-state index contributed by atoms with van der Waals surface area (Å²) >= 11 is 0. The molecule has 0 saturated carbocycles. The van der Waals surface area contributed by atoms with Crippen molar-refractivity contribution in [1.29, 1.82) is 0 Å². The van der Waals surface area contributed by atoms with E-state index in [4.69, 9.17) is 4.74 Å². The third-order valence-electron chi connectivity index (χ3n) is 2.33. The Hall–Kier alpha value is -1.02. The fraction of sp³-hybridized carbons (Fsp3) is 0.909. The Bertz CT molecular complexity index is 315. The minimum atomic E-state index is -4.36. The molecule has 0 aromatic carbocycles. The molecule has 1 heterocycles. The lowest BCUT2D eigenvalue weighted by molar-refractivity contribution is -0.192. The van der Waals surface area contributed by atoms with Gasteiger partial charge in [0.05, 0.1) is 6.04 Å². The molecule has 1 fully saturated rings. The van der Waals surface area contributed by atoms with Crippen molar-refractivity contribution in [2.75, 3.05) is 19.7 Å². The van der Waals surface area contributed by atoms with Gasteiger partial charge in [-0.25, -0.2) is 4.79 Å². The van der Waals surface area contributed by atoms with Crippen molar-refractivity contribution < 1.29 is 27.5 Å². The fourth-order valence-corrected chi connectivity index (χ4v) is 1.59. The Balaban J connectivity index is 2.28. The number of hydrogen-bond donors (Lipinski definition) is 1. The molecule has 1 atom stereocenters. The molecule has 8 heteroatoms. The maximum atomic E-state index is 11.9. The average molecular weight is 284 g/mol. The van der Waals surface area contributed by atoms with E-state index in [2.05, 4.69) is 10.3 Å². The molecule has 1 N–H and O–H groups in total. The molecule has 1 rings (SSSR count). The topological polar surface area (TPSA) is 50.8 Å². The van der Waals surface area contributed by atoms with Crippen LogP contribution in [0.5, 0.6) is 0 Å². The normalized spacial score (nSPS) is 20.7. The Morgan fingerprint density at radius 3 is 2.53 bits per heavy atom. The Kier molecular flexibility index (Phi) is 5.03. The first kappa shape index (κ1) is 16.0. The molecule has 5 nitrogen and oxygen atoms in total. The van der Waals surface area contributed by atoms with Gasteiger partial charge in [-0.2, -0.15) is 18.7 Å². The summed E-state index contributed by atoms with van der Waals surface area (Å²) in [5, 5.41) is 0. The number of rotatable bonds is 3. The highest BCUT2D eigenvalue weighted by molar-refractivity contribution is 5.68.